The van der Waals surface area contributed by atoms with E-state index in [2.05, 4.69) is 12.7 Å². The van der Waals surface area contributed by atoms with E-state index in [1.54, 1.807) is 0 Å². The highest BCUT2D eigenvalue weighted by Gasteiger charge is 2.44. The van der Waals surface area contributed by atoms with Crippen LogP contribution in [0.25, 0.3) is 0 Å². The number of rotatable bonds is 3. The lowest BCUT2D eigenvalue weighted by Gasteiger charge is -2.25. The summed E-state index contributed by atoms with van der Waals surface area (Å²) >= 11 is 0. The van der Waals surface area contributed by atoms with Crippen molar-refractivity contribution >= 4 is 0 Å². The van der Waals surface area contributed by atoms with Crippen molar-refractivity contribution in [1.82, 2.24) is 0 Å². The molecule has 0 bridgehead atoms. The van der Waals surface area contributed by atoms with E-state index >= 15 is 0 Å². The fourth-order valence-corrected chi connectivity index (χ4v) is 4.71. The van der Waals surface area contributed by atoms with Gasteiger partial charge in [-0.1, -0.05) is 43.6 Å². The maximum absolute atomic E-state index is 10.3. The smallest absolute Gasteiger partial charge is 0.0749 e. The zero-order valence-electron chi connectivity index (χ0n) is 12.4. The van der Waals surface area contributed by atoms with Gasteiger partial charge < -0.3 is 10.2 Å². The molecule has 0 aromatic heterocycles. The predicted octanol–water partition coefficient (Wildman–Crippen LogP) is 3.45. The van der Waals surface area contributed by atoms with Gasteiger partial charge in [0.1, 0.15) is 0 Å². The second-order valence-corrected chi connectivity index (χ2v) is 7.24. The average molecular weight is 276 g/mol. The Labute approximate surface area is 122 Å². The quantitative estimate of drug-likeness (QED) is 0.775. The third kappa shape index (κ3) is 2.87. The van der Waals surface area contributed by atoms with E-state index in [0.717, 1.165) is 32.1 Å². The molecule has 3 aliphatic carbocycles. The van der Waals surface area contributed by atoms with Gasteiger partial charge in [-0.2, -0.15) is 0 Å². The highest BCUT2D eigenvalue weighted by Crippen LogP contribution is 2.50. The summed E-state index contributed by atoms with van der Waals surface area (Å²) in [5, 5.41) is 20.6. The topological polar surface area (TPSA) is 40.5 Å². The molecule has 0 aliphatic heterocycles. The molecule has 3 saturated carbocycles. The number of hydrogen-bond acceptors (Lipinski definition) is 2. The summed E-state index contributed by atoms with van der Waals surface area (Å²) in [5.41, 5.74) is 1.35. The van der Waals surface area contributed by atoms with E-state index in [1.165, 1.54) is 24.8 Å². The minimum absolute atomic E-state index is 0.215. The first-order valence-electron chi connectivity index (χ1n) is 8.36. The highest BCUT2D eigenvalue weighted by molar-refractivity contribution is 5.15. The van der Waals surface area contributed by atoms with Crippen LogP contribution in [0.2, 0.25) is 0 Å². The Morgan fingerprint density at radius 2 is 1.90 bits per heavy atom. The number of hydrogen-bond donors (Lipinski definition) is 2. The van der Waals surface area contributed by atoms with Gasteiger partial charge in [-0.3, -0.25) is 0 Å². The summed E-state index contributed by atoms with van der Waals surface area (Å²) in [6.45, 7) is 4.11. The summed E-state index contributed by atoms with van der Waals surface area (Å²) in [6, 6.07) is 0. The van der Waals surface area contributed by atoms with Gasteiger partial charge in [0.15, 0.2) is 0 Å². The summed E-state index contributed by atoms with van der Waals surface area (Å²) in [4.78, 5) is 0. The van der Waals surface area contributed by atoms with E-state index in [0.29, 0.717) is 17.8 Å². The Morgan fingerprint density at radius 3 is 2.65 bits per heavy atom. The first-order chi connectivity index (χ1) is 9.65. The van der Waals surface area contributed by atoms with Gasteiger partial charge in [0, 0.05) is 5.92 Å². The standard InChI is InChI=1S/C18H28O2/c1-12-9-14-11-18(20)15(16(14)10-12)7-8-17(19)13-5-3-2-4-6-13/h7-8,13-20H,1-6,9-11H2/t14-,15+,16+,17-,18+/m0/s1. The molecule has 3 fully saturated rings. The minimum atomic E-state index is -0.314. The van der Waals surface area contributed by atoms with Crippen LogP contribution in [0.5, 0.6) is 0 Å². The van der Waals surface area contributed by atoms with E-state index < -0.39 is 0 Å². The lowest BCUT2D eigenvalue weighted by molar-refractivity contribution is 0.120. The molecule has 0 aromatic carbocycles. The van der Waals surface area contributed by atoms with Crippen LogP contribution in [0.4, 0.5) is 0 Å². The third-order valence-electron chi connectivity index (χ3n) is 5.83. The molecule has 0 unspecified atom stereocenters. The molecule has 2 heteroatoms. The molecule has 0 saturated heterocycles. The van der Waals surface area contributed by atoms with Crippen molar-refractivity contribution in [1.29, 1.82) is 0 Å². The molecule has 2 nitrogen and oxygen atoms in total. The molecule has 0 aromatic rings. The fraction of sp³-hybridized carbons (Fsp3) is 0.778. The van der Waals surface area contributed by atoms with Crippen molar-refractivity contribution in [3.63, 3.8) is 0 Å². The van der Waals surface area contributed by atoms with Crippen LogP contribution in [0.1, 0.15) is 51.4 Å². The fourth-order valence-electron chi connectivity index (χ4n) is 4.71. The first kappa shape index (κ1) is 14.3. The summed E-state index contributed by atoms with van der Waals surface area (Å²) < 4.78 is 0. The van der Waals surface area contributed by atoms with Crippen molar-refractivity contribution in [2.45, 2.75) is 63.6 Å². The second kappa shape index (κ2) is 6.03. The van der Waals surface area contributed by atoms with Crippen LogP contribution in [-0.2, 0) is 0 Å². The lowest BCUT2D eigenvalue weighted by atomic mass is 9.84. The molecule has 3 aliphatic rings. The monoisotopic (exact) mass is 276 g/mol. The molecule has 0 radical (unpaired) electrons. The molecule has 0 heterocycles. The van der Waals surface area contributed by atoms with Crippen LogP contribution in [0.15, 0.2) is 24.3 Å². The molecule has 0 spiro atoms. The normalized spacial score (nSPS) is 40.4. The number of fused-ring (bicyclic) bond motifs is 1. The average Bonchev–Trinajstić information content (AvgIpc) is 2.92. The second-order valence-electron chi connectivity index (χ2n) is 7.24. The Bertz CT molecular complexity index is 381. The molecule has 3 rings (SSSR count). The van der Waals surface area contributed by atoms with Gasteiger partial charge in [-0.05, 0) is 49.9 Å². The molecule has 2 N–H and O–H groups in total. The van der Waals surface area contributed by atoms with Crippen LogP contribution in [0.3, 0.4) is 0 Å². The van der Waals surface area contributed by atoms with Crippen molar-refractivity contribution in [2.24, 2.45) is 23.7 Å². The van der Waals surface area contributed by atoms with Crippen LogP contribution >= 0.6 is 0 Å². The number of allylic oxidation sites excluding steroid dienone is 1. The SMILES string of the molecule is C=C1C[C@H]2C[C@@H](O)[C@H](C=C[C@H](O)C3CCCCC3)[C@@H]2C1. The van der Waals surface area contributed by atoms with Crippen molar-refractivity contribution in [3.8, 4) is 0 Å². The Kier molecular flexibility index (Phi) is 4.32. The minimum Gasteiger partial charge on any atom is -0.392 e. The largest absolute Gasteiger partial charge is 0.392 e. The maximum Gasteiger partial charge on any atom is 0.0749 e. The van der Waals surface area contributed by atoms with Crippen molar-refractivity contribution in [2.75, 3.05) is 0 Å². The van der Waals surface area contributed by atoms with Crippen LogP contribution in [-0.4, -0.2) is 22.4 Å². The highest BCUT2D eigenvalue weighted by atomic mass is 16.3. The molecule has 20 heavy (non-hydrogen) atoms. The number of aliphatic hydroxyl groups is 2. The van der Waals surface area contributed by atoms with E-state index in [1.807, 2.05) is 6.08 Å². The lowest BCUT2D eigenvalue weighted by Crippen LogP contribution is -2.22. The van der Waals surface area contributed by atoms with Gasteiger partial charge in [0.2, 0.25) is 0 Å². The predicted molar refractivity (Wildman–Crippen MR) is 81.2 cm³/mol. The molecular formula is C18H28O2. The molecule has 5 atom stereocenters. The maximum atomic E-state index is 10.3. The molecule has 112 valence electrons. The molecule has 0 amide bonds. The van der Waals surface area contributed by atoms with Crippen LogP contribution in [0, 0.1) is 23.7 Å². The third-order valence-corrected chi connectivity index (χ3v) is 5.83. The van der Waals surface area contributed by atoms with Crippen molar-refractivity contribution < 1.29 is 10.2 Å². The van der Waals surface area contributed by atoms with Crippen molar-refractivity contribution in [3.05, 3.63) is 24.3 Å². The summed E-state index contributed by atoms with van der Waals surface area (Å²) in [6.07, 6.45) is 12.8. The van der Waals surface area contributed by atoms with Crippen LogP contribution < -0.4 is 0 Å². The van der Waals surface area contributed by atoms with Gasteiger partial charge in [0.25, 0.3) is 0 Å². The summed E-state index contributed by atoms with van der Waals surface area (Å²) in [5.74, 6) is 1.86. The zero-order chi connectivity index (χ0) is 14.1. The van der Waals surface area contributed by atoms with Gasteiger partial charge in [-0.25, -0.2) is 0 Å². The Hall–Kier alpha value is -0.600. The Morgan fingerprint density at radius 1 is 1.15 bits per heavy atom. The Balaban J connectivity index is 1.61. The first-order valence-corrected chi connectivity index (χ1v) is 8.36. The number of aliphatic hydroxyl groups excluding tert-OH is 2. The van der Waals surface area contributed by atoms with E-state index in [-0.39, 0.29) is 18.1 Å². The van der Waals surface area contributed by atoms with Gasteiger partial charge in [-0.15, -0.1) is 0 Å². The van der Waals surface area contributed by atoms with E-state index in [4.69, 9.17) is 0 Å². The molecular weight excluding hydrogens is 248 g/mol. The van der Waals surface area contributed by atoms with E-state index in [9.17, 15) is 10.2 Å². The summed E-state index contributed by atoms with van der Waals surface area (Å²) in [7, 11) is 0. The van der Waals surface area contributed by atoms with Gasteiger partial charge in [0.05, 0.1) is 12.2 Å². The van der Waals surface area contributed by atoms with Gasteiger partial charge >= 0.3 is 0 Å². The zero-order valence-corrected chi connectivity index (χ0v) is 12.4.